The summed E-state index contributed by atoms with van der Waals surface area (Å²) in [5, 5.41) is 8.98. The Labute approximate surface area is 106 Å². The van der Waals surface area contributed by atoms with Gasteiger partial charge in [-0.2, -0.15) is 0 Å². The second-order valence-corrected chi connectivity index (χ2v) is 4.22. The van der Waals surface area contributed by atoms with Crippen molar-refractivity contribution in [2.75, 3.05) is 20.8 Å². The van der Waals surface area contributed by atoms with Crippen molar-refractivity contribution < 1.29 is 24.1 Å². The van der Waals surface area contributed by atoms with Crippen LogP contribution in [0, 0.1) is 5.92 Å². The van der Waals surface area contributed by atoms with E-state index in [-0.39, 0.29) is 5.56 Å². The van der Waals surface area contributed by atoms with Crippen LogP contribution in [0.4, 0.5) is 0 Å². The van der Waals surface area contributed by atoms with Crippen LogP contribution in [0.3, 0.4) is 0 Å². The zero-order valence-electron chi connectivity index (χ0n) is 11.0. The van der Waals surface area contributed by atoms with E-state index < -0.39 is 5.97 Å². The molecule has 5 nitrogen and oxygen atoms in total. The zero-order valence-corrected chi connectivity index (χ0v) is 11.0. The van der Waals surface area contributed by atoms with Crippen LogP contribution in [-0.2, 0) is 0 Å². The molecule has 1 rings (SSSR count). The van der Waals surface area contributed by atoms with Crippen LogP contribution in [0.25, 0.3) is 0 Å². The minimum atomic E-state index is -1.04. The number of hydrogen-bond donors (Lipinski definition) is 1. The maximum Gasteiger partial charge on any atom is 0.335 e. The summed E-state index contributed by atoms with van der Waals surface area (Å²) >= 11 is 0. The van der Waals surface area contributed by atoms with Crippen molar-refractivity contribution in [1.82, 2.24) is 0 Å². The van der Waals surface area contributed by atoms with Gasteiger partial charge in [0.05, 0.1) is 26.4 Å². The molecule has 0 aliphatic heterocycles. The fourth-order valence-electron chi connectivity index (χ4n) is 1.40. The Balaban J connectivity index is 3.17. The van der Waals surface area contributed by atoms with Gasteiger partial charge in [0.15, 0.2) is 11.5 Å². The summed E-state index contributed by atoms with van der Waals surface area (Å²) in [5.74, 6) is 0.444. The summed E-state index contributed by atoms with van der Waals surface area (Å²) < 4.78 is 15.9. The van der Waals surface area contributed by atoms with E-state index in [1.807, 2.05) is 13.8 Å². The van der Waals surface area contributed by atoms with E-state index in [9.17, 15) is 4.79 Å². The van der Waals surface area contributed by atoms with Crippen molar-refractivity contribution in [3.05, 3.63) is 17.7 Å². The van der Waals surface area contributed by atoms with Crippen LogP contribution in [0.1, 0.15) is 24.2 Å². The van der Waals surface area contributed by atoms with Crippen LogP contribution in [0.5, 0.6) is 17.2 Å². The summed E-state index contributed by atoms with van der Waals surface area (Å²) in [5.41, 5.74) is 0.0978. The summed E-state index contributed by atoms with van der Waals surface area (Å²) in [6, 6.07) is 2.83. The zero-order chi connectivity index (χ0) is 13.7. The van der Waals surface area contributed by atoms with E-state index >= 15 is 0 Å². The molecule has 0 bridgehead atoms. The van der Waals surface area contributed by atoms with Crippen molar-refractivity contribution in [2.24, 2.45) is 5.92 Å². The van der Waals surface area contributed by atoms with Gasteiger partial charge in [0.1, 0.15) is 0 Å². The molecule has 1 N–H and O–H groups in total. The van der Waals surface area contributed by atoms with Gasteiger partial charge in [-0.25, -0.2) is 4.79 Å². The second-order valence-electron chi connectivity index (χ2n) is 4.22. The molecule has 0 aromatic heterocycles. The third-order valence-electron chi connectivity index (χ3n) is 2.27. The van der Waals surface area contributed by atoms with E-state index in [0.717, 1.165) is 0 Å². The molecule has 5 heteroatoms. The van der Waals surface area contributed by atoms with Crippen molar-refractivity contribution in [2.45, 2.75) is 13.8 Å². The minimum Gasteiger partial charge on any atom is -0.493 e. The molecular formula is C13H18O5. The molecule has 100 valence electrons. The number of aromatic carboxylic acids is 1. The normalized spacial score (nSPS) is 10.3. The first-order chi connectivity index (χ1) is 8.49. The third kappa shape index (κ3) is 3.29. The van der Waals surface area contributed by atoms with Crippen LogP contribution >= 0.6 is 0 Å². The van der Waals surface area contributed by atoms with Crippen LogP contribution in [0.15, 0.2) is 12.1 Å². The summed E-state index contributed by atoms with van der Waals surface area (Å²) in [6.07, 6.45) is 0. The van der Waals surface area contributed by atoms with Crippen molar-refractivity contribution in [3.63, 3.8) is 0 Å². The number of hydrogen-bond acceptors (Lipinski definition) is 4. The van der Waals surface area contributed by atoms with Crippen LogP contribution < -0.4 is 14.2 Å². The lowest BCUT2D eigenvalue weighted by Gasteiger charge is -2.16. The molecule has 0 saturated carbocycles. The van der Waals surface area contributed by atoms with E-state index in [4.69, 9.17) is 19.3 Å². The molecule has 0 spiro atoms. The van der Waals surface area contributed by atoms with E-state index in [1.165, 1.54) is 26.4 Å². The van der Waals surface area contributed by atoms with Gasteiger partial charge in [-0.3, -0.25) is 0 Å². The molecule has 0 atom stereocenters. The maximum atomic E-state index is 11.0. The second kappa shape index (κ2) is 6.14. The predicted octanol–water partition coefficient (Wildman–Crippen LogP) is 2.44. The molecular weight excluding hydrogens is 236 g/mol. The topological polar surface area (TPSA) is 65.0 Å². The largest absolute Gasteiger partial charge is 0.493 e. The van der Waals surface area contributed by atoms with Gasteiger partial charge in [0.2, 0.25) is 5.75 Å². The smallest absolute Gasteiger partial charge is 0.335 e. The molecule has 0 unspecified atom stereocenters. The van der Waals surface area contributed by atoms with E-state index in [2.05, 4.69) is 0 Å². The first-order valence-electron chi connectivity index (χ1n) is 5.61. The number of ether oxygens (including phenoxy) is 3. The fourth-order valence-corrected chi connectivity index (χ4v) is 1.40. The Morgan fingerprint density at radius 1 is 1.22 bits per heavy atom. The fraction of sp³-hybridized carbons (Fsp3) is 0.462. The van der Waals surface area contributed by atoms with Gasteiger partial charge in [-0.1, -0.05) is 13.8 Å². The van der Waals surface area contributed by atoms with Crippen molar-refractivity contribution in [1.29, 1.82) is 0 Å². The van der Waals surface area contributed by atoms with Crippen molar-refractivity contribution >= 4 is 5.97 Å². The highest BCUT2D eigenvalue weighted by molar-refractivity contribution is 5.89. The molecule has 0 radical (unpaired) electrons. The Hall–Kier alpha value is -1.91. The highest BCUT2D eigenvalue weighted by Gasteiger charge is 2.17. The summed E-state index contributed by atoms with van der Waals surface area (Å²) in [7, 11) is 2.92. The SMILES string of the molecule is COc1cc(C(=O)O)cc(OC)c1OCC(C)C. The Kier molecular flexibility index (Phi) is 4.83. The number of carbonyl (C=O) groups is 1. The molecule has 0 aliphatic carbocycles. The maximum absolute atomic E-state index is 11.0. The van der Waals surface area contributed by atoms with Gasteiger partial charge >= 0.3 is 5.97 Å². The molecule has 0 amide bonds. The first kappa shape index (κ1) is 14.2. The van der Waals surface area contributed by atoms with Crippen LogP contribution in [-0.4, -0.2) is 31.9 Å². The average molecular weight is 254 g/mol. The van der Waals surface area contributed by atoms with Gasteiger partial charge < -0.3 is 19.3 Å². The van der Waals surface area contributed by atoms with Crippen LogP contribution in [0.2, 0.25) is 0 Å². The molecule has 1 aromatic carbocycles. The lowest BCUT2D eigenvalue weighted by Crippen LogP contribution is -2.08. The molecule has 0 fully saturated rings. The highest BCUT2D eigenvalue weighted by atomic mass is 16.5. The first-order valence-corrected chi connectivity index (χ1v) is 5.61. The predicted molar refractivity (Wildman–Crippen MR) is 66.8 cm³/mol. The summed E-state index contributed by atoms with van der Waals surface area (Å²) in [6.45, 7) is 4.54. The Morgan fingerprint density at radius 2 is 1.72 bits per heavy atom. The molecule has 18 heavy (non-hydrogen) atoms. The Morgan fingerprint density at radius 3 is 2.06 bits per heavy atom. The minimum absolute atomic E-state index is 0.0978. The number of rotatable bonds is 6. The number of benzene rings is 1. The molecule has 0 saturated heterocycles. The Bertz CT molecular complexity index is 400. The quantitative estimate of drug-likeness (QED) is 0.844. The van der Waals surface area contributed by atoms with Gasteiger partial charge in [0, 0.05) is 0 Å². The molecule has 1 aromatic rings. The number of carboxylic acid groups (broad SMARTS) is 1. The number of carboxylic acids is 1. The van der Waals surface area contributed by atoms with E-state index in [1.54, 1.807) is 0 Å². The average Bonchev–Trinajstić information content (AvgIpc) is 2.34. The lowest BCUT2D eigenvalue weighted by molar-refractivity contribution is 0.0696. The van der Waals surface area contributed by atoms with Gasteiger partial charge in [-0.15, -0.1) is 0 Å². The standard InChI is InChI=1S/C13H18O5/c1-8(2)7-18-12-10(16-3)5-9(13(14)15)6-11(12)17-4/h5-6,8H,7H2,1-4H3,(H,14,15). The van der Waals surface area contributed by atoms with Gasteiger partial charge in [0.25, 0.3) is 0 Å². The summed E-state index contributed by atoms with van der Waals surface area (Å²) in [4.78, 5) is 11.0. The van der Waals surface area contributed by atoms with Crippen molar-refractivity contribution in [3.8, 4) is 17.2 Å². The third-order valence-corrected chi connectivity index (χ3v) is 2.27. The number of methoxy groups -OCH3 is 2. The lowest BCUT2D eigenvalue weighted by atomic mass is 10.2. The monoisotopic (exact) mass is 254 g/mol. The molecule has 0 heterocycles. The van der Waals surface area contributed by atoms with Gasteiger partial charge in [-0.05, 0) is 18.1 Å². The highest BCUT2D eigenvalue weighted by Crippen LogP contribution is 2.38. The molecule has 0 aliphatic rings. The van der Waals surface area contributed by atoms with E-state index in [0.29, 0.717) is 29.8 Å².